The lowest BCUT2D eigenvalue weighted by Gasteiger charge is -2.14. The average molecular weight is 339 g/mol. The van der Waals surface area contributed by atoms with Crippen molar-refractivity contribution < 1.29 is 38.4 Å². The minimum absolute atomic E-state index is 0.0392. The van der Waals surface area contributed by atoms with E-state index in [1.54, 1.807) is 0 Å². The van der Waals surface area contributed by atoms with E-state index >= 15 is 0 Å². The van der Waals surface area contributed by atoms with Gasteiger partial charge >= 0.3 is 17.9 Å². The molecule has 0 radical (unpaired) electrons. The van der Waals surface area contributed by atoms with E-state index in [-0.39, 0.29) is 28.4 Å². The number of phenols is 1. The van der Waals surface area contributed by atoms with Gasteiger partial charge in [0.25, 0.3) is 0 Å². The molecule has 0 aliphatic rings. The van der Waals surface area contributed by atoms with E-state index in [0.29, 0.717) is 0 Å². The minimum Gasteiger partial charge on any atom is -0.503 e. The highest BCUT2D eigenvalue weighted by Gasteiger charge is 2.19. The number of rotatable bonds is 6. The van der Waals surface area contributed by atoms with E-state index in [2.05, 4.69) is 19.5 Å². The Kier molecular flexibility index (Phi) is 6.60. The Morgan fingerprint density at radius 3 is 2.21 bits per heavy atom. The van der Waals surface area contributed by atoms with Gasteiger partial charge in [0.2, 0.25) is 0 Å². The van der Waals surface area contributed by atoms with Gasteiger partial charge in [-0.25, -0.2) is 14.4 Å². The van der Waals surface area contributed by atoms with Crippen LogP contribution in [0.2, 0.25) is 0 Å². The second kappa shape index (κ2) is 8.42. The van der Waals surface area contributed by atoms with Crippen LogP contribution in [0.3, 0.4) is 0 Å². The zero-order valence-electron chi connectivity index (χ0n) is 13.5. The van der Waals surface area contributed by atoms with E-state index in [0.717, 1.165) is 20.3 Å². The van der Waals surface area contributed by atoms with Gasteiger partial charge in [-0.1, -0.05) is 0 Å². The monoisotopic (exact) mass is 339 g/mol. The number of aromatic hydroxyl groups is 1. The van der Waals surface area contributed by atoms with Crippen molar-refractivity contribution in [2.45, 2.75) is 0 Å². The van der Waals surface area contributed by atoms with Crippen molar-refractivity contribution in [2.24, 2.45) is 0 Å². The third kappa shape index (κ3) is 4.38. The maximum atomic E-state index is 11.7. The van der Waals surface area contributed by atoms with Gasteiger partial charge in [0.1, 0.15) is 5.70 Å². The zero-order chi connectivity index (χ0) is 18.3. The SMILES string of the molecule is COC(=O)/C=C(/Nc1cc(C(=O)OC)cc(OC)c1O)C(=O)OC. The molecule has 0 unspecified atom stereocenters. The molecule has 0 saturated carbocycles. The summed E-state index contributed by atoms with van der Waals surface area (Å²) in [5, 5.41) is 12.6. The first-order chi connectivity index (χ1) is 11.4. The fourth-order valence-electron chi connectivity index (χ4n) is 1.67. The molecule has 24 heavy (non-hydrogen) atoms. The molecule has 1 rings (SSSR count). The van der Waals surface area contributed by atoms with Crippen LogP contribution < -0.4 is 10.1 Å². The van der Waals surface area contributed by atoms with Crippen molar-refractivity contribution in [3.05, 3.63) is 29.5 Å². The van der Waals surface area contributed by atoms with Gasteiger partial charge in [-0.15, -0.1) is 0 Å². The first-order valence-electron chi connectivity index (χ1n) is 6.52. The van der Waals surface area contributed by atoms with Crippen LogP contribution in [0.25, 0.3) is 0 Å². The summed E-state index contributed by atoms with van der Waals surface area (Å²) in [6.45, 7) is 0. The molecule has 1 aromatic carbocycles. The maximum Gasteiger partial charge on any atom is 0.354 e. The Labute approximate surface area is 137 Å². The molecule has 0 fully saturated rings. The first kappa shape index (κ1) is 18.8. The summed E-state index contributed by atoms with van der Waals surface area (Å²) >= 11 is 0. The van der Waals surface area contributed by atoms with Gasteiger partial charge in [-0.2, -0.15) is 0 Å². The second-order valence-electron chi connectivity index (χ2n) is 4.26. The van der Waals surface area contributed by atoms with Crippen LogP contribution in [0.15, 0.2) is 23.9 Å². The number of nitrogens with one attached hydrogen (secondary N) is 1. The molecule has 0 aliphatic carbocycles. The number of carbonyl (C=O) groups is 3. The summed E-state index contributed by atoms with van der Waals surface area (Å²) in [6.07, 6.45) is 0.836. The lowest BCUT2D eigenvalue weighted by atomic mass is 10.1. The summed E-state index contributed by atoms with van der Waals surface area (Å²) in [6, 6.07) is 2.48. The van der Waals surface area contributed by atoms with Crippen molar-refractivity contribution in [2.75, 3.05) is 33.8 Å². The predicted molar refractivity (Wildman–Crippen MR) is 81.7 cm³/mol. The molecule has 1 aromatic rings. The van der Waals surface area contributed by atoms with Gasteiger partial charge in [-0.05, 0) is 12.1 Å². The van der Waals surface area contributed by atoms with E-state index in [1.807, 2.05) is 0 Å². The van der Waals surface area contributed by atoms with Crippen LogP contribution in [0.1, 0.15) is 10.4 Å². The Morgan fingerprint density at radius 1 is 1.04 bits per heavy atom. The summed E-state index contributed by atoms with van der Waals surface area (Å²) in [7, 11) is 4.71. The molecule has 0 saturated heterocycles. The van der Waals surface area contributed by atoms with Crippen LogP contribution in [0.4, 0.5) is 5.69 Å². The lowest BCUT2D eigenvalue weighted by molar-refractivity contribution is -0.138. The van der Waals surface area contributed by atoms with E-state index in [1.165, 1.54) is 26.4 Å². The molecule has 0 heterocycles. The van der Waals surface area contributed by atoms with Crippen LogP contribution in [-0.2, 0) is 23.8 Å². The van der Waals surface area contributed by atoms with Crippen molar-refractivity contribution in [1.29, 1.82) is 0 Å². The molecule has 9 nitrogen and oxygen atoms in total. The molecule has 0 aliphatic heterocycles. The summed E-state index contributed by atoms with van der Waals surface area (Å²) in [5.41, 5.74) is -0.337. The minimum atomic E-state index is -0.887. The smallest absolute Gasteiger partial charge is 0.354 e. The van der Waals surface area contributed by atoms with Crippen LogP contribution >= 0.6 is 0 Å². The Hall–Kier alpha value is -3.23. The first-order valence-corrected chi connectivity index (χ1v) is 6.52. The Morgan fingerprint density at radius 2 is 1.71 bits per heavy atom. The number of carbonyl (C=O) groups excluding carboxylic acids is 3. The Bertz CT molecular complexity index is 680. The molecule has 0 amide bonds. The predicted octanol–water partition coefficient (Wildman–Crippen LogP) is 0.829. The van der Waals surface area contributed by atoms with Crippen molar-refractivity contribution >= 4 is 23.6 Å². The van der Waals surface area contributed by atoms with Gasteiger partial charge in [0, 0.05) is 0 Å². The van der Waals surface area contributed by atoms with Crippen molar-refractivity contribution in [1.82, 2.24) is 0 Å². The quantitative estimate of drug-likeness (QED) is 0.336. The number of hydrogen-bond donors (Lipinski definition) is 2. The number of methoxy groups -OCH3 is 4. The van der Waals surface area contributed by atoms with Gasteiger partial charge in [-0.3, -0.25) is 0 Å². The molecule has 0 aromatic heterocycles. The van der Waals surface area contributed by atoms with Crippen LogP contribution in [0, 0.1) is 0 Å². The average Bonchev–Trinajstić information content (AvgIpc) is 2.60. The number of anilines is 1. The molecular weight excluding hydrogens is 322 g/mol. The third-order valence-electron chi connectivity index (χ3n) is 2.85. The van der Waals surface area contributed by atoms with Crippen LogP contribution in [0.5, 0.6) is 11.5 Å². The number of hydrogen-bond acceptors (Lipinski definition) is 9. The molecule has 0 atom stereocenters. The number of benzene rings is 1. The van der Waals surface area contributed by atoms with Gasteiger partial charge < -0.3 is 29.4 Å². The fraction of sp³-hybridized carbons (Fsp3) is 0.267. The third-order valence-corrected chi connectivity index (χ3v) is 2.85. The van der Waals surface area contributed by atoms with Crippen molar-refractivity contribution in [3.63, 3.8) is 0 Å². The highest BCUT2D eigenvalue weighted by Crippen LogP contribution is 2.36. The highest BCUT2D eigenvalue weighted by molar-refractivity contribution is 6.00. The highest BCUT2D eigenvalue weighted by atomic mass is 16.5. The fourth-order valence-corrected chi connectivity index (χ4v) is 1.67. The topological polar surface area (TPSA) is 120 Å². The normalized spacial score (nSPS) is 10.6. The van der Waals surface area contributed by atoms with E-state index in [9.17, 15) is 19.5 Å². The number of esters is 3. The largest absolute Gasteiger partial charge is 0.503 e. The molecule has 9 heteroatoms. The van der Waals surface area contributed by atoms with E-state index in [4.69, 9.17) is 4.74 Å². The van der Waals surface area contributed by atoms with E-state index < -0.39 is 17.9 Å². The lowest BCUT2D eigenvalue weighted by Crippen LogP contribution is -2.16. The summed E-state index contributed by atoms with van der Waals surface area (Å²) in [4.78, 5) is 34.8. The number of phenolic OH excluding ortho intramolecular Hbond substituents is 1. The summed E-state index contributed by atoms with van der Waals surface area (Å²) in [5.74, 6) is -2.82. The summed E-state index contributed by atoms with van der Waals surface area (Å²) < 4.78 is 18.6. The maximum absolute atomic E-state index is 11.7. The molecule has 130 valence electrons. The number of ether oxygens (including phenoxy) is 4. The van der Waals surface area contributed by atoms with Crippen LogP contribution in [-0.4, -0.2) is 51.5 Å². The molecule has 0 bridgehead atoms. The molecular formula is C15H17NO8. The zero-order valence-corrected chi connectivity index (χ0v) is 13.5. The van der Waals surface area contributed by atoms with Crippen molar-refractivity contribution in [3.8, 4) is 11.5 Å². The second-order valence-corrected chi connectivity index (χ2v) is 4.26. The molecule has 2 N–H and O–H groups in total. The standard InChI is InChI=1S/C15H17NO8/c1-21-11-6-8(14(19)23-3)5-9(13(11)18)16-10(15(20)24-4)7-12(17)22-2/h5-7,16,18H,1-4H3/b10-7+. The van der Waals surface area contributed by atoms with Gasteiger partial charge in [0.05, 0.1) is 45.8 Å². The Balaban J connectivity index is 3.37. The molecule has 0 spiro atoms. The van der Waals surface area contributed by atoms with Gasteiger partial charge in [0.15, 0.2) is 11.5 Å².